The third-order valence-corrected chi connectivity index (χ3v) is 3.03. The Kier molecular flexibility index (Phi) is 9.36. The average Bonchev–Trinajstić information content (AvgIpc) is 2.54. The predicted molar refractivity (Wildman–Crippen MR) is 83.9 cm³/mol. The van der Waals surface area contributed by atoms with E-state index in [2.05, 4.69) is 0 Å². The molecule has 0 atom stereocenters. The molecular formula is C18H19KO4. The van der Waals surface area contributed by atoms with E-state index in [1.54, 1.807) is 31.2 Å². The Hall–Kier alpha value is -0.984. The van der Waals surface area contributed by atoms with Crippen molar-refractivity contribution in [2.24, 2.45) is 0 Å². The van der Waals surface area contributed by atoms with Crippen LogP contribution in [0.1, 0.15) is 30.7 Å². The zero-order valence-corrected chi connectivity index (χ0v) is 16.6. The molecule has 0 unspecified atom stereocenters. The number of carbonyl (C=O) groups is 2. The van der Waals surface area contributed by atoms with Crippen LogP contribution >= 0.6 is 0 Å². The van der Waals surface area contributed by atoms with Gasteiger partial charge in [-0.2, -0.15) is 0 Å². The van der Waals surface area contributed by atoms with Gasteiger partial charge in [-0.1, -0.05) is 30.3 Å². The zero-order chi connectivity index (χ0) is 15.8. The number of hydrogen-bond donors (Lipinski definition) is 0. The van der Waals surface area contributed by atoms with E-state index in [1.807, 2.05) is 30.3 Å². The van der Waals surface area contributed by atoms with E-state index >= 15 is 0 Å². The Morgan fingerprint density at radius 1 is 1.00 bits per heavy atom. The molecule has 116 valence electrons. The van der Waals surface area contributed by atoms with Crippen molar-refractivity contribution in [2.45, 2.75) is 20.0 Å². The first-order valence-electron chi connectivity index (χ1n) is 7.14. The third kappa shape index (κ3) is 6.97. The Labute approximate surface area is 180 Å². The second-order valence-corrected chi connectivity index (χ2v) is 4.70. The molecule has 5 heteroatoms. The van der Waals surface area contributed by atoms with Crippen molar-refractivity contribution >= 4 is 11.8 Å². The molecule has 0 fully saturated rings. The Bertz CT molecular complexity index is 629. The maximum Gasteiger partial charge on any atom is 1.00 e. The number of ether oxygens (including phenoxy) is 2. The predicted octanol–water partition coefficient (Wildman–Crippen LogP) is 0.518. The van der Waals surface area contributed by atoms with Crippen molar-refractivity contribution in [3.63, 3.8) is 0 Å². The molecule has 0 aromatic heterocycles. The van der Waals surface area contributed by atoms with Gasteiger partial charge in [-0.25, -0.2) is 0 Å². The second-order valence-electron chi connectivity index (χ2n) is 4.70. The minimum absolute atomic E-state index is 0. The van der Waals surface area contributed by atoms with Gasteiger partial charge in [-0.15, -0.1) is 0 Å². The molecule has 2 rings (SSSR count). The van der Waals surface area contributed by atoms with Gasteiger partial charge in [0.25, 0.3) is 0 Å². The summed E-state index contributed by atoms with van der Waals surface area (Å²) in [7, 11) is 0. The minimum Gasteiger partial charge on any atom is -1.00 e. The van der Waals surface area contributed by atoms with E-state index in [0.29, 0.717) is 17.9 Å². The summed E-state index contributed by atoms with van der Waals surface area (Å²) < 4.78 is 10.4. The van der Waals surface area contributed by atoms with Crippen molar-refractivity contribution in [3.8, 4) is 5.75 Å². The molecule has 0 amide bonds. The molecule has 0 N–H and O–H groups in total. The Balaban J connectivity index is 0.00000264. The fourth-order valence-electron chi connectivity index (χ4n) is 1.92. The number of Topliss-reactive ketones (excluding diaryl/α,β-unsaturated/α-hetero) is 1. The Morgan fingerprint density at radius 2 is 1.65 bits per heavy atom. The first-order valence-corrected chi connectivity index (χ1v) is 7.14. The van der Waals surface area contributed by atoms with E-state index in [1.165, 1.54) is 0 Å². The largest absolute Gasteiger partial charge is 1.00 e. The molecule has 0 saturated heterocycles. The van der Waals surface area contributed by atoms with Crippen LogP contribution in [0.3, 0.4) is 0 Å². The molecule has 0 radical (unpaired) electrons. The van der Waals surface area contributed by atoms with Crippen LogP contribution in [0.15, 0.2) is 54.6 Å². The van der Waals surface area contributed by atoms with Gasteiger partial charge in [0.2, 0.25) is 0 Å². The van der Waals surface area contributed by atoms with Gasteiger partial charge >= 0.3 is 57.4 Å². The third-order valence-electron chi connectivity index (χ3n) is 3.03. The fourth-order valence-corrected chi connectivity index (χ4v) is 1.92. The molecular weight excluding hydrogens is 319 g/mol. The smallest absolute Gasteiger partial charge is 1.00 e. The summed E-state index contributed by atoms with van der Waals surface area (Å²) >= 11 is 0. The molecule has 0 aliphatic rings. The molecule has 23 heavy (non-hydrogen) atoms. The molecule has 0 spiro atoms. The summed E-state index contributed by atoms with van der Waals surface area (Å²) in [4.78, 5) is 23.2. The molecule has 4 nitrogen and oxygen atoms in total. The van der Waals surface area contributed by atoms with Crippen molar-refractivity contribution in [1.82, 2.24) is 0 Å². The van der Waals surface area contributed by atoms with Gasteiger partial charge in [0.15, 0.2) is 5.78 Å². The topological polar surface area (TPSA) is 52.6 Å². The summed E-state index contributed by atoms with van der Waals surface area (Å²) in [6.45, 7) is 2.45. The second kappa shape index (κ2) is 10.7. The van der Waals surface area contributed by atoms with Gasteiger partial charge in [0.1, 0.15) is 18.8 Å². The van der Waals surface area contributed by atoms with Crippen molar-refractivity contribution in [1.29, 1.82) is 0 Å². The van der Waals surface area contributed by atoms with Crippen LogP contribution in [0, 0.1) is 0 Å². The van der Waals surface area contributed by atoms with Crippen LogP contribution < -0.4 is 56.1 Å². The standard InChI is InChI=1S/C18H18O4.K.H/c1-2-21-18(20)12-17(19)15-8-10-16(11-9-15)22-13-14-6-4-3-5-7-14;;/h3-11H,2,12-13H2,1H3;;/q;+1;-1. The summed E-state index contributed by atoms with van der Waals surface area (Å²) in [5.41, 5.74) is 1.55. The van der Waals surface area contributed by atoms with Crippen LogP contribution in [0.4, 0.5) is 0 Å². The van der Waals surface area contributed by atoms with Crippen molar-refractivity contribution in [3.05, 3.63) is 65.7 Å². The normalized spacial score (nSPS) is 9.61. The minimum atomic E-state index is -0.503. The van der Waals surface area contributed by atoms with Gasteiger partial charge in [-0.3, -0.25) is 9.59 Å². The summed E-state index contributed by atoms with van der Waals surface area (Å²) in [6, 6.07) is 16.6. The van der Waals surface area contributed by atoms with Crippen LogP contribution in [0.25, 0.3) is 0 Å². The first-order chi connectivity index (χ1) is 10.7. The zero-order valence-electron chi connectivity index (χ0n) is 14.5. The summed E-state index contributed by atoms with van der Waals surface area (Å²) in [6.07, 6.45) is -0.238. The monoisotopic (exact) mass is 338 g/mol. The number of ketones is 1. The van der Waals surface area contributed by atoms with Gasteiger partial charge in [-0.05, 0) is 36.8 Å². The van der Waals surface area contributed by atoms with E-state index in [0.717, 1.165) is 5.56 Å². The van der Waals surface area contributed by atoms with Gasteiger partial charge in [0, 0.05) is 5.56 Å². The quantitative estimate of drug-likeness (QED) is 0.320. The van der Waals surface area contributed by atoms with E-state index < -0.39 is 5.97 Å². The number of carbonyl (C=O) groups excluding carboxylic acids is 2. The molecule has 2 aromatic carbocycles. The molecule has 0 bridgehead atoms. The number of rotatable bonds is 7. The summed E-state index contributed by atoms with van der Waals surface area (Å²) in [5, 5.41) is 0. The molecule has 0 saturated carbocycles. The number of hydrogen-bond acceptors (Lipinski definition) is 4. The van der Waals surface area contributed by atoms with Crippen molar-refractivity contribution in [2.75, 3.05) is 6.61 Å². The van der Waals surface area contributed by atoms with Crippen LogP contribution in [-0.4, -0.2) is 18.4 Å². The molecule has 0 heterocycles. The molecule has 2 aromatic rings. The Morgan fingerprint density at radius 3 is 2.26 bits per heavy atom. The van der Waals surface area contributed by atoms with Crippen molar-refractivity contribution < 1.29 is 71.9 Å². The van der Waals surface area contributed by atoms with E-state index in [-0.39, 0.29) is 71.6 Å². The maximum atomic E-state index is 11.9. The average molecular weight is 338 g/mol. The van der Waals surface area contributed by atoms with E-state index in [4.69, 9.17) is 9.47 Å². The summed E-state index contributed by atoms with van der Waals surface area (Å²) in [5.74, 6) is -0.0819. The van der Waals surface area contributed by atoms with Gasteiger partial charge in [0.05, 0.1) is 6.61 Å². The number of benzene rings is 2. The van der Waals surface area contributed by atoms with Crippen LogP contribution in [0.2, 0.25) is 0 Å². The van der Waals surface area contributed by atoms with Gasteiger partial charge < -0.3 is 10.9 Å². The van der Waals surface area contributed by atoms with Crippen LogP contribution in [-0.2, 0) is 16.1 Å². The first kappa shape index (κ1) is 20.1. The molecule has 0 aliphatic heterocycles. The molecule has 0 aliphatic carbocycles. The number of esters is 1. The van der Waals surface area contributed by atoms with Crippen LogP contribution in [0.5, 0.6) is 5.75 Å². The maximum absolute atomic E-state index is 11.9. The van der Waals surface area contributed by atoms with E-state index in [9.17, 15) is 9.59 Å². The fraction of sp³-hybridized carbons (Fsp3) is 0.222. The SMILES string of the molecule is CCOC(=O)CC(=O)c1ccc(OCc2ccccc2)cc1.[H-].[K+].